The van der Waals surface area contributed by atoms with E-state index in [2.05, 4.69) is 10.3 Å². The zero-order valence-corrected chi connectivity index (χ0v) is 15.4. The SMILES string of the molecule is CCOc1ccc(OCCNC(=O)Cn2cnc(C(C)C)cc2=O)cc1. The molecule has 0 aliphatic rings. The van der Waals surface area contributed by atoms with Crippen LogP contribution in [-0.2, 0) is 11.3 Å². The number of benzene rings is 1. The molecule has 26 heavy (non-hydrogen) atoms. The standard InChI is InChI=1S/C19H25N3O4/c1-4-25-15-5-7-16(8-6-15)26-10-9-20-18(23)12-22-13-21-17(14(2)3)11-19(22)24/h5-8,11,13-14H,4,9-10,12H2,1-3H3,(H,20,23). The van der Waals surface area contributed by atoms with Crippen molar-refractivity contribution in [2.75, 3.05) is 19.8 Å². The molecule has 0 aliphatic carbocycles. The van der Waals surface area contributed by atoms with Crippen LogP contribution >= 0.6 is 0 Å². The number of rotatable bonds is 9. The first kappa shape index (κ1) is 19.5. The molecule has 0 unspecified atom stereocenters. The van der Waals surface area contributed by atoms with Crippen molar-refractivity contribution in [1.29, 1.82) is 0 Å². The molecule has 0 saturated heterocycles. The van der Waals surface area contributed by atoms with Gasteiger partial charge in [-0.15, -0.1) is 0 Å². The van der Waals surface area contributed by atoms with Crippen LogP contribution in [0.4, 0.5) is 0 Å². The Hall–Kier alpha value is -2.83. The van der Waals surface area contributed by atoms with Crippen LogP contribution in [-0.4, -0.2) is 35.2 Å². The quantitative estimate of drug-likeness (QED) is 0.692. The van der Waals surface area contributed by atoms with Crippen molar-refractivity contribution in [3.63, 3.8) is 0 Å². The number of carbonyl (C=O) groups is 1. The van der Waals surface area contributed by atoms with Crippen molar-refractivity contribution < 1.29 is 14.3 Å². The molecule has 1 N–H and O–H groups in total. The van der Waals surface area contributed by atoms with Gasteiger partial charge in [0.25, 0.3) is 5.56 Å². The number of aromatic nitrogens is 2. The molecule has 0 bridgehead atoms. The van der Waals surface area contributed by atoms with E-state index in [0.717, 1.165) is 11.4 Å². The summed E-state index contributed by atoms with van der Waals surface area (Å²) >= 11 is 0. The number of nitrogens with one attached hydrogen (secondary N) is 1. The second kappa shape index (κ2) is 9.60. The van der Waals surface area contributed by atoms with Crippen molar-refractivity contribution in [3.05, 3.63) is 52.7 Å². The summed E-state index contributed by atoms with van der Waals surface area (Å²) in [5.41, 5.74) is 0.486. The third-order valence-corrected chi connectivity index (χ3v) is 3.63. The van der Waals surface area contributed by atoms with Crippen LogP contribution < -0.4 is 20.3 Å². The Morgan fingerprint density at radius 2 is 1.85 bits per heavy atom. The van der Waals surface area contributed by atoms with Gasteiger partial charge in [-0.25, -0.2) is 4.98 Å². The number of amides is 1. The average molecular weight is 359 g/mol. The molecular formula is C19H25N3O4. The molecule has 140 valence electrons. The van der Waals surface area contributed by atoms with Gasteiger partial charge in [-0.05, 0) is 37.1 Å². The minimum absolute atomic E-state index is 0.0622. The molecule has 0 fully saturated rings. The van der Waals surface area contributed by atoms with Crippen LogP contribution in [0.15, 0.2) is 41.5 Å². The largest absolute Gasteiger partial charge is 0.494 e. The van der Waals surface area contributed by atoms with Crippen molar-refractivity contribution >= 4 is 5.91 Å². The lowest BCUT2D eigenvalue weighted by Gasteiger charge is -2.10. The lowest BCUT2D eigenvalue weighted by atomic mass is 10.1. The number of hydrogen-bond acceptors (Lipinski definition) is 5. The second-order valence-electron chi connectivity index (χ2n) is 6.04. The van der Waals surface area contributed by atoms with Gasteiger partial charge in [0, 0.05) is 6.07 Å². The summed E-state index contributed by atoms with van der Waals surface area (Å²) in [4.78, 5) is 28.1. The first-order chi connectivity index (χ1) is 12.5. The molecule has 0 spiro atoms. The number of hydrogen-bond donors (Lipinski definition) is 1. The maximum absolute atomic E-state index is 12.0. The zero-order chi connectivity index (χ0) is 18.9. The van der Waals surface area contributed by atoms with Gasteiger partial charge in [0.05, 0.1) is 25.2 Å². The second-order valence-corrected chi connectivity index (χ2v) is 6.04. The summed E-state index contributed by atoms with van der Waals surface area (Å²) in [6.45, 7) is 7.08. The Balaban J connectivity index is 1.74. The van der Waals surface area contributed by atoms with Gasteiger partial charge in [-0.3, -0.25) is 14.2 Å². The predicted molar refractivity (Wildman–Crippen MR) is 98.7 cm³/mol. The maximum Gasteiger partial charge on any atom is 0.254 e. The molecule has 1 heterocycles. The molecule has 1 aromatic carbocycles. The molecule has 1 aromatic heterocycles. The molecule has 7 nitrogen and oxygen atoms in total. The Kier molecular flexibility index (Phi) is 7.20. The van der Waals surface area contributed by atoms with E-state index < -0.39 is 0 Å². The van der Waals surface area contributed by atoms with E-state index in [-0.39, 0.29) is 23.9 Å². The Labute approximate surface area is 153 Å². The van der Waals surface area contributed by atoms with Crippen molar-refractivity contribution in [1.82, 2.24) is 14.9 Å². The van der Waals surface area contributed by atoms with E-state index in [1.807, 2.05) is 45.0 Å². The topological polar surface area (TPSA) is 82.4 Å². The summed E-state index contributed by atoms with van der Waals surface area (Å²) < 4.78 is 12.2. The predicted octanol–water partition coefficient (Wildman–Crippen LogP) is 1.96. The molecular weight excluding hydrogens is 334 g/mol. The van der Waals surface area contributed by atoms with Crippen molar-refractivity contribution in [3.8, 4) is 11.5 Å². The summed E-state index contributed by atoms with van der Waals surface area (Å²) in [6, 6.07) is 8.75. The van der Waals surface area contributed by atoms with Gasteiger partial charge >= 0.3 is 0 Å². The molecule has 2 rings (SSSR count). The third kappa shape index (κ3) is 5.91. The zero-order valence-electron chi connectivity index (χ0n) is 15.4. The molecule has 2 aromatic rings. The van der Waals surface area contributed by atoms with Crippen molar-refractivity contribution in [2.45, 2.75) is 33.2 Å². The fourth-order valence-corrected chi connectivity index (χ4v) is 2.24. The monoisotopic (exact) mass is 359 g/mol. The van der Waals surface area contributed by atoms with Crippen LogP contribution in [0, 0.1) is 0 Å². The van der Waals surface area contributed by atoms with E-state index in [1.54, 1.807) is 0 Å². The first-order valence-corrected chi connectivity index (χ1v) is 8.68. The lowest BCUT2D eigenvalue weighted by molar-refractivity contribution is -0.121. The van der Waals surface area contributed by atoms with E-state index in [1.165, 1.54) is 17.0 Å². The molecule has 0 atom stereocenters. The van der Waals surface area contributed by atoms with Gasteiger partial charge in [-0.2, -0.15) is 0 Å². The Bertz CT molecular complexity index is 769. The highest BCUT2D eigenvalue weighted by Crippen LogP contribution is 2.17. The number of nitrogens with zero attached hydrogens (tertiary/aromatic N) is 2. The highest BCUT2D eigenvalue weighted by molar-refractivity contribution is 5.75. The van der Waals surface area contributed by atoms with Gasteiger partial charge in [0.2, 0.25) is 5.91 Å². The van der Waals surface area contributed by atoms with E-state index in [4.69, 9.17) is 9.47 Å². The molecule has 0 radical (unpaired) electrons. The van der Waals surface area contributed by atoms with Crippen LogP contribution in [0.2, 0.25) is 0 Å². The summed E-state index contributed by atoms with van der Waals surface area (Å²) in [6.07, 6.45) is 1.41. The fourth-order valence-electron chi connectivity index (χ4n) is 2.24. The molecule has 7 heteroatoms. The van der Waals surface area contributed by atoms with Crippen LogP contribution in [0.1, 0.15) is 32.4 Å². The fraction of sp³-hybridized carbons (Fsp3) is 0.421. The Morgan fingerprint density at radius 1 is 1.19 bits per heavy atom. The minimum Gasteiger partial charge on any atom is -0.494 e. The van der Waals surface area contributed by atoms with E-state index >= 15 is 0 Å². The highest BCUT2D eigenvalue weighted by Gasteiger charge is 2.07. The average Bonchev–Trinajstić information content (AvgIpc) is 2.62. The van der Waals surface area contributed by atoms with Gasteiger partial charge in [0.15, 0.2) is 0 Å². The minimum atomic E-state index is -0.263. The smallest absolute Gasteiger partial charge is 0.254 e. The van der Waals surface area contributed by atoms with Gasteiger partial charge < -0.3 is 14.8 Å². The summed E-state index contributed by atoms with van der Waals surface area (Å²) in [5, 5.41) is 2.72. The maximum atomic E-state index is 12.0. The highest BCUT2D eigenvalue weighted by atomic mass is 16.5. The molecule has 0 aliphatic heterocycles. The van der Waals surface area contributed by atoms with E-state index in [0.29, 0.717) is 25.5 Å². The summed E-state index contributed by atoms with van der Waals surface area (Å²) in [7, 11) is 0. The first-order valence-electron chi connectivity index (χ1n) is 8.68. The van der Waals surface area contributed by atoms with Gasteiger partial charge in [-0.1, -0.05) is 13.8 Å². The molecule has 0 saturated carbocycles. The Morgan fingerprint density at radius 3 is 2.42 bits per heavy atom. The normalized spacial score (nSPS) is 10.6. The third-order valence-electron chi connectivity index (χ3n) is 3.63. The van der Waals surface area contributed by atoms with Crippen LogP contribution in [0.5, 0.6) is 11.5 Å². The van der Waals surface area contributed by atoms with Crippen LogP contribution in [0.3, 0.4) is 0 Å². The number of carbonyl (C=O) groups excluding carboxylic acids is 1. The van der Waals surface area contributed by atoms with Crippen molar-refractivity contribution in [2.24, 2.45) is 0 Å². The number of ether oxygens (including phenoxy) is 2. The lowest BCUT2D eigenvalue weighted by Crippen LogP contribution is -2.34. The van der Waals surface area contributed by atoms with E-state index in [9.17, 15) is 9.59 Å². The molecule has 1 amide bonds. The van der Waals surface area contributed by atoms with Crippen LogP contribution in [0.25, 0.3) is 0 Å². The summed E-state index contributed by atoms with van der Waals surface area (Å²) in [5.74, 6) is 1.40. The van der Waals surface area contributed by atoms with Gasteiger partial charge in [0.1, 0.15) is 24.7 Å².